The maximum absolute atomic E-state index is 16.2. The van der Waals surface area contributed by atoms with E-state index in [1.165, 1.54) is 4.57 Å². The highest BCUT2D eigenvalue weighted by atomic mass is 19.3. The van der Waals surface area contributed by atoms with Gasteiger partial charge < -0.3 is 20.4 Å². The second-order valence-corrected chi connectivity index (χ2v) is 18.6. The molecule has 0 bridgehead atoms. The number of benzene rings is 2. The number of carbonyl (C=O) groups excluding carboxylic acids is 3. The standard InChI is InChI=1S/C45H52F2N12O4/c1-48-31-21-38(52-59-36(22-49-40(31)59)42(62)50-28-6-7-28)57-17-12-30-27(4-3-5-32(30)57)23-54-16-13-37(45(46,47)26-54)55-18-14-44(15-19-55)24-56(25-44)29-8-9-33-35(20-29)53(2)43(63)58(33)34-10-11-39(60)51-41(34)61/h3-5,8-9,20-22,28,34,37,48H,6-7,10-19,23-26H2,1-2H3,(H,50,62)(H,51,60,61)/t34?,37-/m0/s1. The minimum Gasteiger partial charge on any atom is -0.385 e. The fourth-order valence-corrected chi connectivity index (χ4v) is 11.0. The molecule has 16 nitrogen and oxygen atoms in total. The highest BCUT2D eigenvalue weighted by Gasteiger charge is 2.51. The average Bonchev–Trinajstić information content (AvgIpc) is 3.68. The summed E-state index contributed by atoms with van der Waals surface area (Å²) in [5, 5.41) is 13.5. The molecule has 11 rings (SSSR count). The first-order valence-electron chi connectivity index (χ1n) is 22.3. The predicted molar refractivity (Wildman–Crippen MR) is 233 cm³/mol. The number of fused-ring (bicyclic) bond motifs is 3. The van der Waals surface area contributed by atoms with Crippen LogP contribution in [0, 0.1) is 5.41 Å². The van der Waals surface area contributed by atoms with E-state index in [1.54, 1.807) is 22.3 Å². The molecule has 18 heteroatoms. The Kier molecular flexibility index (Phi) is 9.42. The van der Waals surface area contributed by atoms with Crippen LogP contribution in [0.1, 0.15) is 72.6 Å². The number of rotatable bonds is 9. The normalized spacial score (nSPS) is 23.6. The minimum atomic E-state index is -2.86. The number of aryl methyl sites for hydroxylation is 1. The van der Waals surface area contributed by atoms with Crippen LogP contribution in [0.2, 0.25) is 0 Å². The maximum atomic E-state index is 16.2. The van der Waals surface area contributed by atoms with Gasteiger partial charge in [-0.3, -0.25) is 38.6 Å². The van der Waals surface area contributed by atoms with E-state index in [9.17, 15) is 19.2 Å². The van der Waals surface area contributed by atoms with Crippen molar-refractivity contribution in [2.75, 3.05) is 68.0 Å². The van der Waals surface area contributed by atoms with Gasteiger partial charge in [0, 0.05) is 82.1 Å². The van der Waals surface area contributed by atoms with Crippen LogP contribution in [0.5, 0.6) is 0 Å². The molecule has 4 saturated heterocycles. The molecular weight excluding hydrogens is 811 g/mol. The van der Waals surface area contributed by atoms with Crippen molar-refractivity contribution in [3.8, 4) is 0 Å². The van der Waals surface area contributed by atoms with Crippen LogP contribution in [-0.4, -0.2) is 122 Å². The Morgan fingerprint density at radius 3 is 2.49 bits per heavy atom. The Hall–Kier alpha value is -5.88. The third-order valence-electron chi connectivity index (χ3n) is 14.6. The molecule has 3 amide bonds. The summed E-state index contributed by atoms with van der Waals surface area (Å²) in [5.41, 5.74) is 7.03. The second-order valence-electron chi connectivity index (χ2n) is 18.6. The molecule has 5 fully saturated rings. The first kappa shape index (κ1) is 39.9. The van der Waals surface area contributed by atoms with Gasteiger partial charge in [-0.25, -0.2) is 23.1 Å². The van der Waals surface area contributed by atoms with E-state index >= 15 is 8.78 Å². The molecule has 8 heterocycles. The topological polar surface area (TPSA) is 157 Å². The number of amides is 3. The van der Waals surface area contributed by atoms with Gasteiger partial charge in [-0.05, 0) is 93.4 Å². The molecule has 6 aliphatic rings. The fraction of sp³-hybridized carbons (Fsp3) is 0.511. The van der Waals surface area contributed by atoms with Gasteiger partial charge in [-0.2, -0.15) is 0 Å². The number of hydrogen-bond acceptors (Lipinski definition) is 11. The summed E-state index contributed by atoms with van der Waals surface area (Å²) in [4.78, 5) is 63.6. The highest BCUT2D eigenvalue weighted by molar-refractivity contribution is 6.00. The van der Waals surface area contributed by atoms with Gasteiger partial charge in [0.2, 0.25) is 11.8 Å². The number of alkyl halides is 2. The zero-order valence-electron chi connectivity index (χ0n) is 35.6. The molecule has 2 aromatic carbocycles. The van der Waals surface area contributed by atoms with Crippen LogP contribution in [0.4, 0.5) is 31.7 Å². The minimum absolute atomic E-state index is 0.0647. The van der Waals surface area contributed by atoms with Crippen LogP contribution in [0.25, 0.3) is 16.7 Å². The van der Waals surface area contributed by atoms with Crippen molar-refractivity contribution in [3.05, 3.63) is 76.0 Å². The Morgan fingerprint density at radius 2 is 1.75 bits per heavy atom. The number of nitrogens with one attached hydrogen (secondary N) is 3. The van der Waals surface area contributed by atoms with E-state index in [4.69, 9.17) is 5.10 Å². The molecule has 1 spiro atoms. The molecule has 3 aromatic heterocycles. The highest BCUT2D eigenvalue weighted by Crippen LogP contribution is 2.45. The fourth-order valence-electron chi connectivity index (χ4n) is 11.0. The average molecular weight is 863 g/mol. The Bertz CT molecular complexity index is 2740. The Labute approximate surface area is 362 Å². The number of likely N-dealkylation sites (tertiary alicyclic amines) is 2. The lowest BCUT2D eigenvalue weighted by molar-refractivity contribution is -0.138. The number of aromatic nitrogens is 5. The van der Waals surface area contributed by atoms with Crippen molar-refractivity contribution in [1.82, 2.24) is 44.2 Å². The summed E-state index contributed by atoms with van der Waals surface area (Å²) >= 11 is 0. The van der Waals surface area contributed by atoms with Gasteiger partial charge in [-0.1, -0.05) is 12.1 Å². The number of nitrogens with zero attached hydrogens (tertiary/aromatic N) is 9. The van der Waals surface area contributed by atoms with Gasteiger partial charge in [0.1, 0.15) is 6.04 Å². The molecule has 3 N–H and O–H groups in total. The summed E-state index contributed by atoms with van der Waals surface area (Å²) in [6, 6.07) is 12.6. The summed E-state index contributed by atoms with van der Waals surface area (Å²) < 4.78 is 37.1. The van der Waals surface area contributed by atoms with Crippen molar-refractivity contribution in [3.63, 3.8) is 0 Å². The smallest absolute Gasteiger partial charge is 0.329 e. The summed E-state index contributed by atoms with van der Waals surface area (Å²) in [7, 11) is 3.52. The van der Waals surface area contributed by atoms with Crippen molar-refractivity contribution < 1.29 is 23.2 Å². The van der Waals surface area contributed by atoms with Crippen LogP contribution in [0.15, 0.2) is 53.5 Å². The lowest BCUT2D eigenvalue weighted by Gasteiger charge is -2.56. The number of halogens is 2. The zero-order valence-corrected chi connectivity index (χ0v) is 35.6. The SMILES string of the molecule is CNc1cc(N2CCc3c(CN4CC[C@H](N5CCC6(CC5)CN(c5ccc7c(c5)n(C)c(=O)n7C5CCC(=O)NC5=O)C6)C(F)(F)C4)cccc32)nn2c(C(=O)NC3CC3)cnc12. The molecule has 1 unspecified atom stereocenters. The number of hydrogen-bond donors (Lipinski definition) is 3. The van der Waals surface area contributed by atoms with Crippen LogP contribution < -0.4 is 31.4 Å². The second kappa shape index (κ2) is 14.9. The van der Waals surface area contributed by atoms with Crippen molar-refractivity contribution in [2.45, 2.75) is 82.0 Å². The number of carbonyl (C=O) groups is 3. The van der Waals surface area contributed by atoms with E-state index in [-0.39, 0.29) is 48.3 Å². The molecular formula is C45H52F2N12O4. The molecule has 1 saturated carbocycles. The number of imidazole rings is 2. The monoisotopic (exact) mass is 862 g/mol. The lowest BCUT2D eigenvalue weighted by Crippen LogP contribution is -2.64. The quantitative estimate of drug-likeness (QED) is 0.185. The predicted octanol–water partition coefficient (Wildman–Crippen LogP) is 3.80. The molecule has 5 aliphatic heterocycles. The van der Waals surface area contributed by atoms with Gasteiger partial charge >= 0.3 is 5.69 Å². The van der Waals surface area contributed by atoms with E-state index in [1.807, 2.05) is 47.2 Å². The largest absolute Gasteiger partial charge is 0.385 e. The third kappa shape index (κ3) is 6.83. The first-order valence-corrected chi connectivity index (χ1v) is 22.3. The number of imide groups is 1. The molecule has 0 radical (unpaired) electrons. The summed E-state index contributed by atoms with van der Waals surface area (Å²) in [6.45, 7) is 4.36. The van der Waals surface area contributed by atoms with Gasteiger partial charge in [0.25, 0.3) is 11.8 Å². The molecule has 330 valence electrons. The maximum Gasteiger partial charge on any atom is 0.329 e. The zero-order chi connectivity index (χ0) is 43.4. The van der Waals surface area contributed by atoms with Crippen LogP contribution in [-0.2, 0) is 29.6 Å². The molecule has 2 atom stereocenters. The van der Waals surface area contributed by atoms with E-state index in [2.05, 4.69) is 42.9 Å². The molecule has 5 aromatic rings. The van der Waals surface area contributed by atoms with Crippen molar-refractivity contribution >= 4 is 57.3 Å². The number of anilines is 4. The van der Waals surface area contributed by atoms with Crippen LogP contribution in [0.3, 0.4) is 0 Å². The van der Waals surface area contributed by atoms with E-state index in [0.717, 1.165) is 78.9 Å². The Balaban J connectivity index is 0.721. The number of piperidine rings is 3. The molecule has 1 aliphatic carbocycles. The van der Waals surface area contributed by atoms with Crippen molar-refractivity contribution in [2.24, 2.45) is 12.5 Å². The molecule has 63 heavy (non-hydrogen) atoms. The van der Waals surface area contributed by atoms with Gasteiger partial charge in [-0.15, -0.1) is 5.10 Å². The Morgan fingerprint density at radius 1 is 0.937 bits per heavy atom. The van der Waals surface area contributed by atoms with Gasteiger partial charge in [0.15, 0.2) is 17.2 Å². The summed E-state index contributed by atoms with van der Waals surface area (Å²) in [5.74, 6) is -3.15. The summed E-state index contributed by atoms with van der Waals surface area (Å²) in [6.07, 6.45) is 6.86. The van der Waals surface area contributed by atoms with E-state index < -0.39 is 23.9 Å². The third-order valence-corrected chi connectivity index (χ3v) is 14.6. The first-order chi connectivity index (χ1) is 30.4. The van der Waals surface area contributed by atoms with E-state index in [0.29, 0.717) is 61.8 Å². The van der Waals surface area contributed by atoms with Crippen molar-refractivity contribution in [1.29, 1.82) is 0 Å². The lowest BCUT2D eigenvalue weighted by atomic mass is 9.71. The van der Waals surface area contributed by atoms with Crippen LogP contribution >= 0.6 is 0 Å². The van der Waals surface area contributed by atoms with Gasteiger partial charge in [0.05, 0.1) is 35.5 Å².